The highest BCUT2D eigenvalue weighted by molar-refractivity contribution is 5.88. The van der Waals surface area contributed by atoms with Gasteiger partial charge in [0.2, 0.25) is 0 Å². The Morgan fingerprint density at radius 1 is 1.32 bits per heavy atom. The summed E-state index contributed by atoms with van der Waals surface area (Å²) in [6.45, 7) is 8.06. The third kappa shape index (κ3) is 2.26. The Labute approximate surface area is 112 Å². The topological polar surface area (TPSA) is 55.1 Å². The molecule has 0 saturated carbocycles. The molecule has 4 nitrogen and oxygen atoms in total. The number of benzene rings is 1. The summed E-state index contributed by atoms with van der Waals surface area (Å²) in [5.41, 5.74) is 5.43. The SMILES string of the molecule is CCc1c(C)nn(-c2cc(C(=O)O)ccc2C)c1C. The molecule has 1 N–H and O–H groups in total. The zero-order valence-electron chi connectivity index (χ0n) is 11.7. The van der Waals surface area contributed by atoms with Gasteiger partial charge in [0.15, 0.2) is 0 Å². The molecule has 1 aromatic heterocycles. The fourth-order valence-corrected chi connectivity index (χ4v) is 2.39. The monoisotopic (exact) mass is 258 g/mol. The average Bonchev–Trinajstić information content (AvgIpc) is 2.64. The van der Waals surface area contributed by atoms with Gasteiger partial charge in [-0.05, 0) is 50.5 Å². The number of carbonyl (C=O) groups is 1. The highest BCUT2D eigenvalue weighted by atomic mass is 16.4. The molecule has 0 spiro atoms. The molecule has 4 heteroatoms. The van der Waals surface area contributed by atoms with Crippen LogP contribution in [0.25, 0.3) is 5.69 Å². The van der Waals surface area contributed by atoms with Crippen LogP contribution in [0.4, 0.5) is 0 Å². The molecular weight excluding hydrogens is 240 g/mol. The average molecular weight is 258 g/mol. The van der Waals surface area contributed by atoms with Crippen LogP contribution in [-0.4, -0.2) is 20.9 Å². The minimum absolute atomic E-state index is 0.284. The zero-order chi connectivity index (χ0) is 14.2. The Kier molecular flexibility index (Phi) is 3.42. The van der Waals surface area contributed by atoms with Gasteiger partial charge in [0.25, 0.3) is 0 Å². The van der Waals surface area contributed by atoms with E-state index in [1.54, 1.807) is 12.1 Å². The summed E-state index contributed by atoms with van der Waals surface area (Å²) >= 11 is 0. The van der Waals surface area contributed by atoms with E-state index < -0.39 is 5.97 Å². The lowest BCUT2D eigenvalue weighted by atomic mass is 10.1. The molecule has 19 heavy (non-hydrogen) atoms. The van der Waals surface area contributed by atoms with Crippen molar-refractivity contribution in [3.05, 3.63) is 46.3 Å². The zero-order valence-corrected chi connectivity index (χ0v) is 11.7. The molecule has 0 atom stereocenters. The molecule has 1 heterocycles. The number of carboxylic acid groups (broad SMARTS) is 1. The Bertz CT molecular complexity index is 642. The fourth-order valence-electron chi connectivity index (χ4n) is 2.39. The first-order chi connectivity index (χ1) is 8.95. The van der Waals surface area contributed by atoms with Crippen LogP contribution in [0.2, 0.25) is 0 Å². The molecule has 1 aromatic carbocycles. The van der Waals surface area contributed by atoms with Crippen LogP contribution >= 0.6 is 0 Å². The molecule has 0 saturated heterocycles. The van der Waals surface area contributed by atoms with Gasteiger partial charge >= 0.3 is 5.97 Å². The van der Waals surface area contributed by atoms with Crippen molar-refractivity contribution in [1.29, 1.82) is 0 Å². The second-order valence-electron chi connectivity index (χ2n) is 4.72. The van der Waals surface area contributed by atoms with E-state index in [4.69, 9.17) is 5.11 Å². The van der Waals surface area contributed by atoms with Gasteiger partial charge in [0, 0.05) is 5.69 Å². The van der Waals surface area contributed by atoms with Crippen LogP contribution in [0.5, 0.6) is 0 Å². The van der Waals surface area contributed by atoms with Gasteiger partial charge < -0.3 is 5.11 Å². The maximum absolute atomic E-state index is 11.1. The first-order valence-electron chi connectivity index (χ1n) is 6.35. The molecular formula is C15H18N2O2. The number of aromatic carboxylic acids is 1. The lowest BCUT2D eigenvalue weighted by Crippen LogP contribution is -2.05. The number of aryl methyl sites for hydroxylation is 2. The highest BCUT2D eigenvalue weighted by Gasteiger charge is 2.14. The Morgan fingerprint density at radius 3 is 2.53 bits per heavy atom. The standard InChI is InChI=1S/C15H18N2O2/c1-5-13-10(3)16-17(11(13)4)14-8-12(15(18)19)7-6-9(14)2/h6-8H,5H2,1-4H3,(H,18,19). The van der Waals surface area contributed by atoms with Gasteiger partial charge in [-0.2, -0.15) is 5.10 Å². The van der Waals surface area contributed by atoms with Gasteiger partial charge in [0.05, 0.1) is 16.9 Å². The third-order valence-corrected chi connectivity index (χ3v) is 3.48. The number of rotatable bonds is 3. The molecule has 0 amide bonds. The minimum Gasteiger partial charge on any atom is -0.478 e. The summed E-state index contributed by atoms with van der Waals surface area (Å²) in [7, 11) is 0. The molecule has 100 valence electrons. The van der Waals surface area contributed by atoms with Gasteiger partial charge in [-0.3, -0.25) is 0 Å². The number of hydrogen-bond donors (Lipinski definition) is 1. The van der Waals surface area contributed by atoms with Crippen LogP contribution < -0.4 is 0 Å². The van der Waals surface area contributed by atoms with Crippen molar-refractivity contribution in [1.82, 2.24) is 9.78 Å². The summed E-state index contributed by atoms with van der Waals surface area (Å²) in [4.78, 5) is 11.1. The summed E-state index contributed by atoms with van der Waals surface area (Å²) in [6, 6.07) is 5.12. The van der Waals surface area contributed by atoms with Crippen LogP contribution in [0.1, 0.15) is 39.8 Å². The first-order valence-corrected chi connectivity index (χ1v) is 6.35. The summed E-state index contributed by atoms with van der Waals surface area (Å²) < 4.78 is 1.84. The van der Waals surface area contributed by atoms with Crippen molar-refractivity contribution in [2.75, 3.05) is 0 Å². The Balaban J connectivity index is 2.64. The van der Waals surface area contributed by atoms with E-state index in [1.807, 2.05) is 31.5 Å². The van der Waals surface area contributed by atoms with Crippen molar-refractivity contribution >= 4 is 5.97 Å². The van der Waals surface area contributed by atoms with E-state index in [0.29, 0.717) is 0 Å². The van der Waals surface area contributed by atoms with Gasteiger partial charge in [0.1, 0.15) is 0 Å². The van der Waals surface area contributed by atoms with Gasteiger partial charge in [-0.25, -0.2) is 9.48 Å². The number of carboxylic acids is 1. The van der Waals surface area contributed by atoms with Crippen molar-refractivity contribution in [2.24, 2.45) is 0 Å². The number of hydrogen-bond acceptors (Lipinski definition) is 2. The van der Waals surface area contributed by atoms with Crippen LogP contribution in [0.3, 0.4) is 0 Å². The van der Waals surface area contributed by atoms with E-state index in [-0.39, 0.29) is 5.56 Å². The second kappa shape index (κ2) is 4.88. The molecule has 2 aromatic rings. The van der Waals surface area contributed by atoms with Gasteiger partial charge in [-0.1, -0.05) is 13.0 Å². The predicted octanol–water partition coefficient (Wildman–Crippen LogP) is 3.06. The molecule has 0 aliphatic heterocycles. The molecule has 0 bridgehead atoms. The van der Waals surface area contributed by atoms with E-state index in [2.05, 4.69) is 12.0 Å². The number of aromatic nitrogens is 2. The van der Waals surface area contributed by atoms with E-state index in [0.717, 1.165) is 29.1 Å². The predicted molar refractivity (Wildman–Crippen MR) is 74.1 cm³/mol. The summed E-state index contributed by atoms with van der Waals surface area (Å²) in [6.07, 6.45) is 0.926. The largest absolute Gasteiger partial charge is 0.478 e. The van der Waals surface area contributed by atoms with Gasteiger partial charge in [-0.15, -0.1) is 0 Å². The van der Waals surface area contributed by atoms with Crippen molar-refractivity contribution in [3.63, 3.8) is 0 Å². The third-order valence-electron chi connectivity index (χ3n) is 3.48. The second-order valence-corrected chi connectivity index (χ2v) is 4.72. The smallest absolute Gasteiger partial charge is 0.335 e. The first kappa shape index (κ1) is 13.3. The lowest BCUT2D eigenvalue weighted by Gasteiger charge is -2.09. The highest BCUT2D eigenvalue weighted by Crippen LogP contribution is 2.22. The minimum atomic E-state index is -0.918. The molecule has 0 fully saturated rings. The van der Waals surface area contributed by atoms with E-state index in [1.165, 1.54) is 5.56 Å². The van der Waals surface area contributed by atoms with Crippen molar-refractivity contribution < 1.29 is 9.90 Å². The molecule has 0 aliphatic rings. The molecule has 0 radical (unpaired) electrons. The normalized spacial score (nSPS) is 10.7. The maximum Gasteiger partial charge on any atom is 0.335 e. The molecule has 2 rings (SSSR count). The van der Waals surface area contributed by atoms with Crippen LogP contribution in [0.15, 0.2) is 18.2 Å². The summed E-state index contributed by atoms with van der Waals surface area (Å²) in [5, 5.41) is 13.6. The summed E-state index contributed by atoms with van der Waals surface area (Å²) in [5.74, 6) is -0.918. The van der Waals surface area contributed by atoms with Crippen LogP contribution in [-0.2, 0) is 6.42 Å². The van der Waals surface area contributed by atoms with Crippen molar-refractivity contribution in [3.8, 4) is 5.69 Å². The fraction of sp³-hybridized carbons (Fsp3) is 0.333. The Morgan fingerprint density at radius 2 is 2.00 bits per heavy atom. The number of nitrogens with zero attached hydrogens (tertiary/aromatic N) is 2. The lowest BCUT2D eigenvalue weighted by molar-refractivity contribution is 0.0697. The van der Waals surface area contributed by atoms with Crippen molar-refractivity contribution in [2.45, 2.75) is 34.1 Å². The van der Waals surface area contributed by atoms with Crippen LogP contribution in [0, 0.1) is 20.8 Å². The Hall–Kier alpha value is -2.10. The quantitative estimate of drug-likeness (QED) is 0.920. The molecule has 0 unspecified atom stereocenters. The van der Waals surface area contributed by atoms with E-state index >= 15 is 0 Å². The molecule has 0 aliphatic carbocycles. The van der Waals surface area contributed by atoms with E-state index in [9.17, 15) is 4.79 Å². The maximum atomic E-state index is 11.1.